The van der Waals surface area contributed by atoms with Crippen molar-refractivity contribution >= 4 is 5.91 Å². The standard InChI is InChI=1S/C21H39NO2/c1-16(2)19-7-9-20(10-8-19)24-15-5-6-18-11-13-22(14-12-18)21(23)17(3)4/h16-20H,5-15H2,1-4H3. The summed E-state index contributed by atoms with van der Waals surface area (Å²) < 4.78 is 6.13. The number of hydrogen-bond acceptors (Lipinski definition) is 2. The highest BCUT2D eigenvalue weighted by molar-refractivity contribution is 5.78. The first-order valence-electron chi connectivity index (χ1n) is 10.4. The Morgan fingerprint density at radius 1 is 1.00 bits per heavy atom. The fourth-order valence-electron chi connectivity index (χ4n) is 4.35. The third-order valence-electron chi connectivity index (χ3n) is 6.19. The Morgan fingerprint density at radius 3 is 2.17 bits per heavy atom. The molecule has 3 heteroatoms. The van der Waals surface area contributed by atoms with Gasteiger partial charge in [-0.05, 0) is 69.1 Å². The first kappa shape index (κ1) is 19.8. The number of hydrogen-bond donors (Lipinski definition) is 0. The monoisotopic (exact) mass is 337 g/mol. The van der Waals surface area contributed by atoms with Gasteiger partial charge in [0.25, 0.3) is 0 Å². The average molecular weight is 338 g/mol. The molecule has 0 unspecified atom stereocenters. The van der Waals surface area contributed by atoms with Crippen LogP contribution < -0.4 is 0 Å². The van der Waals surface area contributed by atoms with E-state index in [0.717, 1.165) is 37.5 Å². The summed E-state index contributed by atoms with van der Waals surface area (Å²) in [7, 11) is 0. The number of rotatable bonds is 7. The van der Waals surface area contributed by atoms with Gasteiger partial charge < -0.3 is 9.64 Å². The van der Waals surface area contributed by atoms with E-state index in [1.807, 2.05) is 13.8 Å². The normalized spacial score (nSPS) is 26.3. The molecule has 0 N–H and O–H groups in total. The van der Waals surface area contributed by atoms with Crippen LogP contribution in [0.2, 0.25) is 0 Å². The molecule has 1 heterocycles. The molecule has 0 aromatic rings. The minimum absolute atomic E-state index is 0.140. The molecule has 1 aliphatic carbocycles. The van der Waals surface area contributed by atoms with Crippen LogP contribution in [0.4, 0.5) is 0 Å². The molecule has 2 rings (SSSR count). The molecule has 1 saturated heterocycles. The van der Waals surface area contributed by atoms with Crippen molar-refractivity contribution in [2.45, 2.75) is 85.2 Å². The molecule has 1 amide bonds. The second kappa shape index (κ2) is 9.79. The van der Waals surface area contributed by atoms with E-state index in [4.69, 9.17) is 4.74 Å². The molecule has 0 radical (unpaired) electrons. The third-order valence-corrected chi connectivity index (χ3v) is 6.19. The molecule has 24 heavy (non-hydrogen) atoms. The van der Waals surface area contributed by atoms with Crippen molar-refractivity contribution in [1.82, 2.24) is 4.90 Å². The molecule has 2 fully saturated rings. The molecule has 0 bridgehead atoms. The van der Waals surface area contributed by atoms with Gasteiger partial charge in [-0.1, -0.05) is 27.7 Å². The molecule has 0 spiro atoms. The quantitative estimate of drug-likeness (QED) is 0.619. The lowest BCUT2D eigenvalue weighted by atomic mass is 9.80. The maximum absolute atomic E-state index is 12.0. The van der Waals surface area contributed by atoms with Crippen LogP contribution in [0.1, 0.15) is 79.1 Å². The Balaban J connectivity index is 1.52. The summed E-state index contributed by atoms with van der Waals surface area (Å²) in [5, 5.41) is 0. The molecule has 1 saturated carbocycles. The number of carbonyl (C=O) groups excluding carboxylic acids is 1. The second-order valence-electron chi connectivity index (χ2n) is 8.72. The predicted octanol–water partition coefficient (Wildman–Crippen LogP) is 4.89. The van der Waals surface area contributed by atoms with Gasteiger partial charge >= 0.3 is 0 Å². The summed E-state index contributed by atoms with van der Waals surface area (Å²) >= 11 is 0. The molecule has 140 valence electrons. The number of piperidine rings is 1. The van der Waals surface area contributed by atoms with E-state index < -0.39 is 0 Å². The molecule has 0 aromatic heterocycles. The summed E-state index contributed by atoms with van der Waals surface area (Å²) in [4.78, 5) is 14.1. The summed E-state index contributed by atoms with van der Waals surface area (Å²) in [6.45, 7) is 11.6. The molecule has 3 nitrogen and oxygen atoms in total. The van der Waals surface area contributed by atoms with Crippen LogP contribution in [0.5, 0.6) is 0 Å². The van der Waals surface area contributed by atoms with Gasteiger partial charge in [-0.25, -0.2) is 0 Å². The molecule has 2 aliphatic rings. The van der Waals surface area contributed by atoms with Crippen LogP contribution in [-0.4, -0.2) is 36.6 Å². The van der Waals surface area contributed by atoms with E-state index in [0.29, 0.717) is 12.0 Å². The van der Waals surface area contributed by atoms with Crippen molar-refractivity contribution in [3.8, 4) is 0 Å². The molecule has 0 atom stereocenters. The maximum atomic E-state index is 12.0. The summed E-state index contributed by atoms with van der Waals surface area (Å²) in [5.41, 5.74) is 0. The lowest BCUT2D eigenvalue weighted by Gasteiger charge is -2.33. The molecular formula is C21H39NO2. The Hall–Kier alpha value is -0.570. The third kappa shape index (κ3) is 6.06. The fraction of sp³-hybridized carbons (Fsp3) is 0.952. The fourth-order valence-corrected chi connectivity index (χ4v) is 4.35. The van der Waals surface area contributed by atoms with E-state index >= 15 is 0 Å². The molecule has 0 aromatic carbocycles. The van der Waals surface area contributed by atoms with Crippen LogP contribution in [0, 0.1) is 23.7 Å². The van der Waals surface area contributed by atoms with Gasteiger partial charge in [-0.2, -0.15) is 0 Å². The largest absolute Gasteiger partial charge is 0.378 e. The highest BCUT2D eigenvalue weighted by Gasteiger charge is 2.25. The van der Waals surface area contributed by atoms with E-state index in [2.05, 4.69) is 18.7 Å². The lowest BCUT2D eigenvalue weighted by molar-refractivity contribution is -0.135. The zero-order chi connectivity index (χ0) is 17.5. The summed E-state index contributed by atoms with van der Waals surface area (Å²) in [5.74, 6) is 3.01. The van der Waals surface area contributed by atoms with Crippen molar-refractivity contribution in [2.24, 2.45) is 23.7 Å². The van der Waals surface area contributed by atoms with Gasteiger partial charge in [0.1, 0.15) is 0 Å². The van der Waals surface area contributed by atoms with Gasteiger partial charge in [0.15, 0.2) is 0 Å². The Morgan fingerprint density at radius 2 is 1.62 bits per heavy atom. The Bertz CT molecular complexity index is 364. The summed E-state index contributed by atoms with van der Waals surface area (Å²) in [6, 6.07) is 0. The van der Waals surface area contributed by atoms with Gasteiger partial charge in [0, 0.05) is 25.6 Å². The van der Waals surface area contributed by atoms with Gasteiger partial charge in [0.2, 0.25) is 5.91 Å². The van der Waals surface area contributed by atoms with Crippen molar-refractivity contribution < 1.29 is 9.53 Å². The SMILES string of the molecule is CC(C)C(=O)N1CCC(CCCOC2CCC(C(C)C)CC2)CC1. The van der Waals surface area contributed by atoms with E-state index in [-0.39, 0.29) is 5.92 Å². The number of likely N-dealkylation sites (tertiary alicyclic amines) is 1. The number of nitrogens with zero attached hydrogens (tertiary/aromatic N) is 1. The average Bonchev–Trinajstić information content (AvgIpc) is 2.59. The predicted molar refractivity (Wildman–Crippen MR) is 99.9 cm³/mol. The van der Waals surface area contributed by atoms with Gasteiger partial charge in [0.05, 0.1) is 6.10 Å². The van der Waals surface area contributed by atoms with Crippen LogP contribution in [0.15, 0.2) is 0 Å². The van der Waals surface area contributed by atoms with Crippen molar-refractivity contribution in [3.63, 3.8) is 0 Å². The zero-order valence-corrected chi connectivity index (χ0v) is 16.4. The van der Waals surface area contributed by atoms with E-state index in [1.54, 1.807) is 0 Å². The summed E-state index contributed by atoms with van der Waals surface area (Å²) in [6.07, 6.45) is 10.6. The maximum Gasteiger partial charge on any atom is 0.225 e. The Labute approximate surface area is 149 Å². The van der Waals surface area contributed by atoms with Crippen molar-refractivity contribution in [1.29, 1.82) is 0 Å². The first-order chi connectivity index (χ1) is 11.5. The van der Waals surface area contributed by atoms with E-state index in [1.165, 1.54) is 51.4 Å². The Kier molecular flexibility index (Phi) is 8.06. The minimum atomic E-state index is 0.140. The van der Waals surface area contributed by atoms with Crippen LogP contribution in [-0.2, 0) is 9.53 Å². The lowest BCUT2D eigenvalue weighted by Crippen LogP contribution is -2.40. The highest BCUT2D eigenvalue weighted by atomic mass is 16.5. The van der Waals surface area contributed by atoms with Crippen LogP contribution in [0.25, 0.3) is 0 Å². The highest BCUT2D eigenvalue weighted by Crippen LogP contribution is 2.31. The van der Waals surface area contributed by atoms with Crippen LogP contribution in [0.3, 0.4) is 0 Å². The number of amides is 1. The number of carbonyl (C=O) groups is 1. The smallest absolute Gasteiger partial charge is 0.225 e. The van der Waals surface area contributed by atoms with Gasteiger partial charge in [-0.3, -0.25) is 4.79 Å². The molecular weight excluding hydrogens is 298 g/mol. The topological polar surface area (TPSA) is 29.5 Å². The van der Waals surface area contributed by atoms with E-state index in [9.17, 15) is 4.79 Å². The first-order valence-corrected chi connectivity index (χ1v) is 10.4. The van der Waals surface area contributed by atoms with Crippen molar-refractivity contribution in [3.05, 3.63) is 0 Å². The second-order valence-corrected chi connectivity index (χ2v) is 8.72. The minimum Gasteiger partial charge on any atom is -0.378 e. The molecule has 1 aliphatic heterocycles. The zero-order valence-electron chi connectivity index (χ0n) is 16.4. The van der Waals surface area contributed by atoms with Crippen LogP contribution >= 0.6 is 0 Å². The van der Waals surface area contributed by atoms with Gasteiger partial charge in [-0.15, -0.1) is 0 Å². The number of ether oxygens (including phenoxy) is 1. The van der Waals surface area contributed by atoms with Crippen molar-refractivity contribution in [2.75, 3.05) is 19.7 Å².